The normalized spacial score (nSPS) is 14.4. The molecule has 20 heavy (non-hydrogen) atoms. The summed E-state index contributed by atoms with van der Waals surface area (Å²) >= 11 is 0. The number of sulfonamides is 2. The molecule has 0 aliphatic carbocycles. The Kier molecular flexibility index (Phi) is 5.27. The fraction of sp³-hybridized carbons (Fsp3) is 0.455. The van der Waals surface area contributed by atoms with Gasteiger partial charge in [0, 0.05) is 13.6 Å². The van der Waals surface area contributed by atoms with Crippen LogP contribution in [0.25, 0.3) is 0 Å². The Morgan fingerprint density at radius 2 is 1.60 bits per heavy atom. The second kappa shape index (κ2) is 6.19. The van der Waals surface area contributed by atoms with E-state index in [0.29, 0.717) is 0 Å². The van der Waals surface area contributed by atoms with Gasteiger partial charge in [0.25, 0.3) is 0 Å². The van der Waals surface area contributed by atoms with E-state index in [0.717, 1.165) is 4.31 Å². The Balaban J connectivity index is 3.11. The molecule has 0 spiro atoms. The van der Waals surface area contributed by atoms with Crippen molar-refractivity contribution in [2.75, 3.05) is 20.6 Å². The maximum Gasteiger partial charge on any atom is 0.242 e. The predicted octanol–water partition coefficient (Wildman–Crippen LogP) is -0.404. The number of nitrogens with one attached hydrogen (secondary N) is 1. The van der Waals surface area contributed by atoms with Crippen LogP contribution in [0.5, 0.6) is 0 Å². The van der Waals surface area contributed by atoms with Crippen LogP contribution in [0.2, 0.25) is 0 Å². The van der Waals surface area contributed by atoms with Crippen molar-refractivity contribution in [2.45, 2.75) is 22.8 Å². The highest BCUT2D eigenvalue weighted by Gasteiger charge is 2.22. The van der Waals surface area contributed by atoms with Gasteiger partial charge in [-0.2, -0.15) is 4.31 Å². The highest BCUT2D eigenvalue weighted by atomic mass is 32.2. The average Bonchev–Trinajstić information content (AvgIpc) is 2.38. The Labute approximate surface area is 119 Å². The van der Waals surface area contributed by atoms with E-state index >= 15 is 0 Å². The van der Waals surface area contributed by atoms with Gasteiger partial charge in [-0.15, -0.1) is 0 Å². The molecule has 1 unspecified atom stereocenters. The highest BCUT2D eigenvalue weighted by molar-refractivity contribution is 7.89. The molecule has 0 fully saturated rings. The van der Waals surface area contributed by atoms with Gasteiger partial charge >= 0.3 is 0 Å². The third-order valence-electron chi connectivity index (χ3n) is 2.63. The minimum atomic E-state index is -3.74. The number of aliphatic hydroxyl groups excluding tert-OH is 1. The Hall–Kier alpha value is -1.00. The van der Waals surface area contributed by atoms with E-state index in [1.165, 1.54) is 45.3 Å². The van der Waals surface area contributed by atoms with Crippen LogP contribution in [0.4, 0.5) is 0 Å². The summed E-state index contributed by atoms with van der Waals surface area (Å²) in [5.41, 5.74) is 0. The van der Waals surface area contributed by atoms with E-state index in [-0.39, 0.29) is 16.3 Å². The molecule has 0 aliphatic heterocycles. The summed E-state index contributed by atoms with van der Waals surface area (Å²) in [6.45, 7) is 1.44. The first-order chi connectivity index (χ1) is 9.11. The summed E-state index contributed by atoms with van der Waals surface area (Å²) < 4.78 is 50.5. The smallest absolute Gasteiger partial charge is 0.242 e. The van der Waals surface area contributed by atoms with Crippen LogP contribution < -0.4 is 4.72 Å². The summed E-state index contributed by atoms with van der Waals surface area (Å²) in [5.74, 6) is 0. The van der Waals surface area contributed by atoms with E-state index < -0.39 is 26.2 Å². The van der Waals surface area contributed by atoms with Gasteiger partial charge in [0.15, 0.2) is 0 Å². The molecule has 0 radical (unpaired) electrons. The maximum atomic E-state index is 12.1. The van der Waals surface area contributed by atoms with Gasteiger partial charge in [0.05, 0.1) is 15.9 Å². The van der Waals surface area contributed by atoms with E-state index in [2.05, 4.69) is 4.72 Å². The third-order valence-corrected chi connectivity index (χ3v) is 5.90. The zero-order valence-electron chi connectivity index (χ0n) is 11.4. The molecule has 0 aliphatic rings. The number of likely N-dealkylation sites (N-methyl/N-ethyl adjacent to an activating group) is 1. The van der Waals surface area contributed by atoms with Crippen molar-refractivity contribution in [3.63, 3.8) is 0 Å². The summed E-state index contributed by atoms with van der Waals surface area (Å²) in [5, 5.41) is 9.22. The molecule has 0 saturated heterocycles. The van der Waals surface area contributed by atoms with Crippen LogP contribution in [-0.4, -0.2) is 53.0 Å². The molecular weight excluding hydrogens is 304 g/mol. The minimum Gasteiger partial charge on any atom is -0.392 e. The van der Waals surface area contributed by atoms with Gasteiger partial charge in [-0.3, -0.25) is 0 Å². The van der Waals surface area contributed by atoms with Gasteiger partial charge in [-0.1, -0.05) is 0 Å². The number of rotatable bonds is 6. The minimum absolute atomic E-state index is 0.0165. The molecule has 0 amide bonds. The van der Waals surface area contributed by atoms with Crippen molar-refractivity contribution in [3.05, 3.63) is 24.3 Å². The zero-order chi connectivity index (χ0) is 15.6. The van der Waals surface area contributed by atoms with Gasteiger partial charge in [0.1, 0.15) is 0 Å². The van der Waals surface area contributed by atoms with Crippen molar-refractivity contribution in [1.29, 1.82) is 0 Å². The Morgan fingerprint density at radius 1 is 1.15 bits per heavy atom. The second-order valence-electron chi connectivity index (χ2n) is 4.31. The summed E-state index contributed by atoms with van der Waals surface area (Å²) in [6.07, 6.45) is -0.793. The van der Waals surface area contributed by atoms with Gasteiger partial charge < -0.3 is 5.11 Å². The van der Waals surface area contributed by atoms with Crippen molar-refractivity contribution in [1.82, 2.24) is 9.03 Å². The molecule has 0 bridgehead atoms. The number of hydrogen-bond acceptors (Lipinski definition) is 5. The molecule has 7 nitrogen and oxygen atoms in total. The largest absolute Gasteiger partial charge is 0.392 e. The molecule has 0 aromatic heterocycles. The van der Waals surface area contributed by atoms with Crippen LogP contribution in [0.1, 0.15) is 6.92 Å². The number of hydrogen-bond donors (Lipinski definition) is 2. The second-order valence-corrected chi connectivity index (χ2v) is 8.24. The summed E-state index contributed by atoms with van der Waals surface area (Å²) in [6, 6.07) is 4.88. The van der Waals surface area contributed by atoms with Crippen molar-refractivity contribution < 1.29 is 21.9 Å². The van der Waals surface area contributed by atoms with E-state index in [1.807, 2.05) is 0 Å². The molecule has 1 aromatic carbocycles. The maximum absolute atomic E-state index is 12.1. The number of nitrogens with zero attached hydrogens (tertiary/aromatic N) is 1. The van der Waals surface area contributed by atoms with Gasteiger partial charge in [0.2, 0.25) is 20.0 Å². The molecule has 9 heteroatoms. The zero-order valence-corrected chi connectivity index (χ0v) is 13.1. The lowest BCUT2D eigenvalue weighted by Crippen LogP contribution is -2.33. The summed E-state index contributed by atoms with van der Waals surface area (Å²) in [7, 11) is -4.72. The SMILES string of the molecule is CNS(=O)(=O)c1ccc(S(=O)(=O)N(C)CC(C)O)cc1. The topological polar surface area (TPSA) is 104 Å². The van der Waals surface area contributed by atoms with Crippen LogP contribution in [0.15, 0.2) is 34.1 Å². The lowest BCUT2D eigenvalue weighted by molar-refractivity contribution is 0.171. The molecular formula is C11H18N2O5S2. The molecule has 2 N–H and O–H groups in total. The Bertz CT molecular complexity index is 651. The van der Waals surface area contributed by atoms with Gasteiger partial charge in [-0.25, -0.2) is 21.6 Å². The lowest BCUT2D eigenvalue weighted by Gasteiger charge is -2.18. The monoisotopic (exact) mass is 322 g/mol. The van der Waals surface area contributed by atoms with Crippen molar-refractivity contribution in [3.8, 4) is 0 Å². The molecule has 114 valence electrons. The number of aliphatic hydroxyl groups is 1. The average molecular weight is 322 g/mol. The van der Waals surface area contributed by atoms with Crippen molar-refractivity contribution in [2.24, 2.45) is 0 Å². The fourth-order valence-corrected chi connectivity index (χ4v) is 3.54. The molecule has 1 aromatic rings. The number of benzene rings is 1. The molecule has 1 atom stereocenters. The van der Waals surface area contributed by atoms with Crippen LogP contribution in [-0.2, 0) is 20.0 Å². The van der Waals surface area contributed by atoms with Crippen molar-refractivity contribution >= 4 is 20.0 Å². The standard InChI is InChI=1S/C11H18N2O5S2/c1-9(14)8-13(3)20(17,18)11-6-4-10(5-7-11)19(15,16)12-2/h4-7,9,12,14H,8H2,1-3H3. The van der Waals surface area contributed by atoms with Crippen LogP contribution in [0, 0.1) is 0 Å². The Morgan fingerprint density at radius 3 is 2.00 bits per heavy atom. The quantitative estimate of drug-likeness (QED) is 0.741. The first-order valence-electron chi connectivity index (χ1n) is 5.79. The summed E-state index contributed by atoms with van der Waals surface area (Å²) in [4.78, 5) is -0.0483. The highest BCUT2D eigenvalue weighted by Crippen LogP contribution is 2.17. The third kappa shape index (κ3) is 3.76. The van der Waals surface area contributed by atoms with E-state index in [1.54, 1.807) is 0 Å². The predicted molar refractivity (Wildman–Crippen MR) is 74.2 cm³/mol. The van der Waals surface area contributed by atoms with Crippen LogP contribution in [0.3, 0.4) is 0 Å². The van der Waals surface area contributed by atoms with E-state index in [4.69, 9.17) is 0 Å². The van der Waals surface area contributed by atoms with Gasteiger partial charge in [-0.05, 0) is 38.2 Å². The van der Waals surface area contributed by atoms with Crippen LogP contribution >= 0.6 is 0 Å². The molecule has 0 saturated carbocycles. The fourth-order valence-electron chi connectivity index (χ4n) is 1.56. The first-order valence-corrected chi connectivity index (χ1v) is 8.71. The molecule has 1 rings (SSSR count). The lowest BCUT2D eigenvalue weighted by atomic mass is 10.4. The molecule has 0 heterocycles. The first kappa shape index (κ1) is 17.1. The van der Waals surface area contributed by atoms with E-state index in [9.17, 15) is 21.9 Å².